The van der Waals surface area contributed by atoms with E-state index in [0.29, 0.717) is 11.3 Å². The van der Waals surface area contributed by atoms with Crippen LogP contribution in [0.5, 0.6) is 0 Å². The van der Waals surface area contributed by atoms with Crippen molar-refractivity contribution in [3.63, 3.8) is 0 Å². The monoisotopic (exact) mass is 351 g/mol. The predicted molar refractivity (Wildman–Crippen MR) is 89.4 cm³/mol. The number of nitrogens with one attached hydrogen (secondary N) is 1. The van der Waals surface area contributed by atoms with Crippen LogP contribution in [0.15, 0.2) is 17.5 Å². The SMILES string of the molecule is CCC[C@@H](C)NC(=O)CN1C(=O)C(=O)N(CCc2cccs2)C1=O. The molecule has 7 nitrogen and oxygen atoms in total. The predicted octanol–water partition coefficient (Wildman–Crippen LogP) is 1.39. The van der Waals surface area contributed by atoms with Crippen LogP contribution in [-0.4, -0.2) is 52.7 Å². The number of hydrogen-bond donors (Lipinski definition) is 1. The van der Waals surface area contributed by atoms with Gasteiger partial charge in [0, 0.05) is 23.9 Å². The van der Waals surface area contributed by atoms with Crippen molar-refractivity contribution in [2.45, 2.75) is 39.2 Å². The molecule has 1 aromatic rings. The van der Waals surface area contributed by atoms with Crippen molar-refractivity contribution in [2.75, 3.05) is 13.1 Å². The van der Waals surface area contributed by atoms with Gasteiger partial charge >= 0.3 is 17.8 Å². The number of nitrogens with zero attached hydrogens (tertiary/aromatic N) is 2. The lowest BCUT2D eigenvalue weighted by Crippen LogP contribution is -2.44. The van der Waals surface area contributed by atoms with Crippen LogP contribution < -0.4 is 5.32 Å². The molecule has 2 rings (SSSR count). The van der Waals surface area contributed by atoms with Crippen LogP contribution in [0.2, 0.25) is 0 Å². The number of carbonyl (C=O) groups is 4. The van der Waals surface area contributed by atoms with Crippen LogP contribution >= 0.6 is 11.3 Å². The van der Waals surface area contributed by atoms with Gasteiger partial charge in [-0.15, -0.1) is 11.3 Å². The molecule has 0 aliphatic carbocycles. The molecule has 1 aromatic heterocycles. The minimum Gasteiger partial charge on any atom is -0.352 e. The van der Waals surface area contributed by atoms with Gasteiger partial charge in [0.2, 0.25) is 5.91 Å². The third-order valence-corrected chi connectivity index (χ3v) is 4.66. The number of hydrogen-bond acceptors (Lipinski definition) is 5. The third-order valence-electron chi connectivity index (χ3n) is 3.73. The van der Waals surface area contributed by atoms with Gasteiger partial charge in [0.25, 0.3) is 0 Å². The molecule has 5 amide bonds. The van der Waals surface area contributed by atoms with Crippen LogP contribution in [0.25, 0.3) is 0 Å². The normalized spacial score (nSPS) is 16.0. The molecule has 2 heterocycles. The molecule has 8 heteroatoms. The minimum atomic E-state index is -0.940. The number of carbonyl (C=O) groups excluding carboxylic acids is 4. The first-order valence-electron chi connectivity index (χ1n) is 7.93. The Balaban J connectivity index is 1.94. The highest BCUT2D eigenvalue weighted by molar-refractivity contribution is 7.09. The fourth-order valence-electron chi connectivity index (χ4n) is 2.53. The van der Waals surface area contributed by atoms with Crippen molar-refractivity contribution in [3.8, 4) is 0 Å². The molecule has 0 spiro atoms. The topological polar surface area (TPSA) is 86.8 Å². The van der Waals surface area contributed by atoms with Crippen LogP contribution in [0.1, 0.15) is 31.6 Å². The summed E-state index contributed by atoms with van der Waals surface area (Å²) in [6.45, 7) is 3.56. The molecule has 130 valence electrons. The molecule has 0 saturated carbocycles. The van der Waals surface area contributed by atoms with E-state index in [1.807, 2.05) is 31.4 Å². The molecule has 0 bridgehead atoms. The molecule has 1 fully saturated rings. The van der Waals surface area contributed by atoms with Crippen LogP contribution in [0, 0.1) is 0 Å². The van der Waals surface area contributed by atoms with Crippen molar-refractivity contribution >= 4 is 35.1 Å². The van der Waals surface area contributed by atoms with E-state index in [9.17, 15) is 19.2 Å². The van der Waals surface area contributed by atoms with Crippen LogP contribution in [-0.2, 0) is 20.8 Å². The highest BCUT2D eigenvalue weighted by Gasteiger charge is 2.44. The van der Waals surface area contributed by atoms with Crippen molar-refractivity contribution in [1.29, 1.82) is 0 Å². The van der Waals surface area contributed by atoms with Crippen molar-refractivity contribution in [2.24, 2.45) is 0 Å². The maximum atomic E-state index is 12.3. The van der Waals surface area contributed by atoms with Gasteiger partial charge in [-0.1, -0.05) is 19.4 Å². The molecule has 0 unspecified atom stereocenters. The molecule has 1 saturated heterocycles. The van der Waals surface area contributed by atoms with Gasteiger partial charge in [0.1, 0.15) is 6.54 Å². The number of amides is 5. The molecular weight excluding hydrogens is 330 g/mol. The van der Waals surface area contributed by atoms with E-state index in [0.717, 1.165) is 22.6 Å². The molecule has 1 aliphatic rings. The zero-order chi connectivity index (χ0) is 17.7. The largest absolute Gasteiger partial charge is 0.352 e. The smallest absolute Gasteiger partial charge is 0.334 e. The van der Waals surface area contributed by atoms with Gasteiger partial charge in [-0.2, -0.15) is 0 Å². The molecule has 1 aliphatic heterocycles. The van der Waals surface area contributed by atoms with Crippen LogP contribution in [0.4, 0.5) is 4.79 Å². The van der Waals surface area contributed by atoms with Crippen LogP contribution in [0.3, 0.4) is 0 Å². The van der Waals surface area contributed by atoms with Gasteiger partial charge in [0.15, 0.2) is 0 Å². The Hall–Kier alpha value is -2.22. The third kappa shape index (κ3) is 4.19. The fraction of sp³-hybridized carbons (Fsp3) is 0.500. The summed E-state index contributed by atoms with van der Waals surface area (Å²) in [6.07, 6.45) is 2.22. The standard InChI is InChI=1S/C16H21N3O4S/c1-3-5-11(2)17-13(20)10-19-15(22)14(21)18(16(19)23)8-7-12-6-4-9-24-12/h4,6,9,11H,3,5,7-8,10H2,1-2H3,(H,17,20)/t11-/m1/s1. The Morgan fingerprint density at radius 1 is 1.25 bits per heavy atom. The fourth-order valence-corrected chi connectivity index (χ4v) is 3.23. The second-order valence-electron chi connectivity index (χ2n) is 5.72. The first-order valence-corrected chi connectivity index (χ1v) is 8.81. The molecule has 1 N–H and O–H groups in total. The quantitative estimate of drug-likeness (QED) is 0.566. The summed E-state index contributed by atoms with van der Waals surface area (Å²) < 4.78 is 0. The number of urea groups is 1. The molecular formula is C16H21N3O4S. The van der Waals surface area contributed by atoms with E-state index in [1.165, 1.54) is 11.3 Å². The highest BCUT2D eigenvalue weighted by Crippen LogP contribution is 2.15. The second kappa shape index (κ2) is 8.05. The van der Waals surface area contributed by atoms with E-state index in [4.69, 9.17) is 0 Å². The summed E-state index contributed by atoms with van der Waals surface area (Å²) in [5.41, 5.74) is 0. The Bertz CT molecular complexity index is 629. The van der Waals surface area contributed by atoms with E-state index in [1.54, 1.807) is 0 Å². The summed E-state index contributed by atoms with van der Waals surface area (Å²) in [4.78, 5) is 50.8. The summed E-state index contributed by atoms with van der Waals surface area (Å²) in [5, 5.41) is 4.62. The maximum absolute atomic E-state index is 12.3. The van der Waals surface area contributed by atoms with E-state index < -0.39 is 30.3 Å². The Morgan fingerprint density at radius 2 is 1.96 bits per heavy atom. The van der Waals surface area contributed by atoms with E-state index >= 15 is 0 Å². The molecule has 1 atom stereocenters. The first kappa shape index (κ1) is 18.1. The lowest BCUT2D eigenvalue weighted by molar-refractivity contribution is -0.144. The number of rotatable bonds is 8. The Kier molecular flexibility index (Phi) is 6.08. The van der Waals surface area contributed by atoms with Crippen molar-refractivity contribution in [3.05, 3.63) is 22.4 Å². The summed E-state index contributed by atoms with van der Waals surface area (Å²) in [6, 6.07) is 3.02. The summed E-state index contributed by atoms with van der Waals surface area (Å²) in [7, 11) is 0. The maximum Gasteiger partial charge on any atom is 0.334 e. The first-order chi connectivity index (χ1) is 11.4. The average Bonchev–Trinajstić information content (AvgIpc) is 3.10. The number of thiophene rings is 1. The van der Waals surface area contributed by atoms with Crippen molar-refractivity contribution in [1.82, 2.24) is 15.1 Å². The lowest BCUT2D eigenvalue weighted by atomic mass is 10.2. The zero-order valence-corrected chi connectivity index (χ0v) is 14.6. The molecule has 24 heavy (non-hydrogen) atoms. The molecule has 0 radical (unpaired) electrons. The molecule has 0 aromatic carbocycles. The summed E-state index contributed by atoms with van der Waals surface area (Å²) >= 11 is 1.52. The highest BCUT2D eigenvalue weighted by atomic mass is 32.1. The van der Waals surface area contributed by atoms with Crippen molar-refractivity contribution < 1.29 is 19.2 Å². The van der Waals surface area contributed by atoms with Gasteiger partial charge < -0.3 is 5.32 Å². The van der Waals surface area contributed by atoms with E-state index in [-0.39, 0.29) is 12.6 Å². The van der Waals surface area contributed by atoms with Gasteiger partial charge in [0.05, 0.1) is 0 Å². The van der Waals surface area contributed by atoms with E-state index in [2.05, 4.69) is 5.32 Å². The lowest BCUT2D eigenvalue weighted by Gasteiger charge is -2.17. The average molecular weight is 351 g/mol. The number of imide groups is 2. The van der Waals surface area contributed by atoms with Gasteiger partial charge in [-0.25, -0.2) is 9.69 Å². The van der Waals surface area contributed by atoms with Gasteiger partial charge in [-0.05, 0) is 24.8 Å². The van der Waals surface area contributed by atoms with Gasteiger partial charge in [-0.3, -0.25) is 19.3 Å². The summed E-state index contributed by atoms with van der Waals surface area (Å²) in [5.74, 6) is -2.25. The Morgan fingerprint density at radius 3 is 2.58 bits per heavy atom. The minimum absolute atomic E-state index is 0.0408. The Labute approximate surface area is 144 Å². The zero-order valence-electron chi connectivity index (χ0n) is 13.8. The second-order valence-corrected chi connectivity index (χ2v) is 6.75.